The van der Waals surface area contributed by atoms with Crippen LogP contribution in [0.15, 0.2) is 12.3 Å². The Kier molecular flexibility index (Phi) is 4.93. The number of nitrogens with zero attached hydrogens (tertiary/aromatic N) is 1. The van der Waals surface area contributed by atoms with Gasteiger partial charge < -0.3 is 21.2 Å². The van der Waals surface area contributed by atoms with Gasteiger partial charge in [0.05, 0.1) is 5.56 Å². The standard InChI is InChI=1S/C17H26N4O/c18-14-6-9-20-17(21-13-7-10-22-11-8-13)15(14)16(19)12-4-2-1-3-5-12/h6,9,12-13,19H,1-5,7-8,10-11H2,(H3,18,20,21). The average Bonchev–Trinajstić information content (AvgIpc) is 2.56. The van der Waals surface area contributed by atoms with Crippen LogP contribution in [-0.2, 0) is 4.74 Å². The molecule has 1 aromatic heterocycles. The predicted molar refractivity (Wildman–Crippen MR) is 89.5 cm³/mol. The summed E-state index contributed by atoms with van der Waals surface area (Å²) in [5, 5.41) is 12.1. The maximum Gasteiger partial charge on any atom is 0.137 e. The van der Waals surface area contributed by atoms with Crippen molar-refractivity contribution in [3.8, 4) is 0 Å². The molecule has 0 unspecified atom stereocenters. The van der Waals surface area contributed by atoms with E-state index in [1.54, 1.807) is 6.20 Å². The molecule has 0 spiro atoms. The van der Waals surface area contributed by atoms with Crippen LogP contribution in [0.2, 0.25) is 0 Å². The number of ether oxygens (including phenoxy) is 1. The Hall–Kier alpha value is -1.62. The number of aromatic nitrogens is 1. The molecule has 0 aromatic carbocycles. The Bertz CT molecular complexity index is 519. The van der Waals surface area contributed by atoms with E-state index in [9.17, 15) is 0 Å². The minimum absolute atomic E-state index is 0.329. The minimum Gasteiger partial charge on any atom is -0.398 e. The highest BCUT2D eigenvalue weighted by atomic mass is 16.5. The van der Waals surface area contributed by atoms with Gasteiger partial charge >= 0.3 is 0 Å². The largest absolute Gasteiger partial charge is 0.398 e. The molecule has 1 saturated heterocycles. The SMILES string of the molecule is N=C(c1c(N)ccnc1NC1CCOCC1)C1CCCCC1. The van der Waals surface area contributed by atoms with E-state index >= 15 is 0 Å². The monoisotopic (exact) mass is 302 g/mol. The third-order valence-corrected chi connectivity index (χ3v) is 4.83. The van der Waals surface area contributed by atoms with Crippen molar-refractivity contribution >= 4 is 17.2 Å². The summed E-state index contributed by atoms with van der Waals surface area (Å²) in [5.41, 5.74) is 8.34. The molecule has 5 nitrogen and oxygen atoms in total. The van der Waals surface area contributed by atoms with Crippen LogP contribution >= 0.6 is 0 Å². The van der Waals surface area contributed by atoms with Crippen molar-refractivity contribution in [2.45, 2.75) is 51.0 Å². The zero-order chi connectivity index (χ0) is 15.4. The van der Waals surface area contributed by atoms with Gasteiger partial charge in [0.2, 0.25) is 0 Å². The van der Waals surface area contributed by atoms with Crippen molar-refractivity contribution in [3.63, 3.8) is 0 Å². The Morgan fingerprint density at radius 2 is 1.91 bits per heavy atom. The molecule has 120 valence electrons. The van der Waals surface area contributed by atoms with E-state index in [-0.39, 0.29) is 0 Å². The topological polar surface area (TPSA) is 84.0 Å². The van der Waals surface area contributed by atoms with Gasteiger partial charge in [-0.2, -0.15) is 0 Å². The molecule has 2 fully saturated rings. The van der Waals surface area contributed by atoms with Crippen LogP contribution in [-0.4, -0.2) is 30.0 Å². The van der Waals surface area contributed by atoms with Crippen molar-refractivity contribution in [2.24, 2.45) is 5.92 Å². The first-order valence-electron chi connectivity index (χ1n) is 8.43. The summed E-state index contributed by atoms with van der Waals surface area (Å²) in [6, 6.07) is 2.17. The second-order valence-corrected chi connectivity index (χ2v) is 6.40. The van der Waals surface area contributed by atoms with Gasteiger partial charge in [0.1, 0.15) is 5.82 Å². The second kappa shape index (κ2) is 7.09. The molecule has 0 radical (unpaired) electrons. The summed E-state index contributed by atoms with van der Waals surface area (Å²) < 4.78 is 5.41. The fraction of sp³-hybridized carbons (Fsp3) is 0.647. The Morgan fingerprint density at radius 3 is 2.64 bits per heavy atom. The summed E-state index contributed by atoms with van der Waals surface area (Å²) in [6.45, 7) is 1.57. The number of pyridine rings is 1. The quantitative estimate of drug-likeness (QED) is 0.746. The van der Waals surface area contributed by atoms with E-state index in [1.165, 1.54) is 19.3 Å². The smallest absolute Gasteiger partial charge is 0.137 e. The molecule has 22 heavy (non-hydrogen) atoms. The number of nitrogens with two attached hydrogens (primary N) is 1. The summed E-state index contributed by atoms with van der Waals surface area (Å²) in [7, 11) is 0. The Balaban J connectivity index is 1.80. The number of hydrogen-bond acceptors (Lipinski definition) is 5. The van der Waals surface area contributed by atoms with Crippen molar-refractivity contribution in [2.75, 3.05) is 24.3 Å². The first-order chi connectivity index (χ1) is 10.8. The summed E-state index contributed by atoms with van der Waals surface area (Å²) in [5.74, 6) is 1.11. The van der Waals surface area contributed by atoms with Gasteiger partial charge in [-0.25, -0.2) is 4.98 Å². The summed E-state index contributed by atoms with van der Waals surface area (Å²) in [4.78, 5) is 4.48. The normalized spacial score (nSPS) is 20.7. The van der Waals surface area contributed by atoms with Crippen LogP contribution in [0.1, 0.15) is 50.5 Å². The van der Waals surface area contributed by atoms with Crippen molar-refractivity contribution in [3.05, 3.63) is 17.8 Å². The van der Waals surface area contributed by atoms with Gasteiger partial charge in [0.25, 0.3) is 0 Å². The van der Waals surface area contributed by atoms with E-state index in [2.05, 4.69) is 10.3 Å². The highest BCUT2D eigenvalue weighted by Crippen LogP contribution is 2.31. The third kappa shape index (κ3) is 3.40. The van der Waals surface area contributed by atoms with Crippen molar-refractivity contribution in [1.82, 2.24) is 4.98 Å². The summed E-state index contributed by atoms with van der Waals surface area (Å²) >= 11 is 0. The molecule has 4 N–H and O–H groups in total. The predicted octanol–water partition coefficient (Wildman–Crippen LogP) is 3.20. The van der Waals surface area contributed by atoms with Gasteiger partial charge in [-0.15, -0.1) is 0 Å². The molecule has 5 heteroatoms. The van der Waals surface area contributed by atoms with Crippen LogP contribution in [0.3, 0.4) is 0 Å². The molecular weight excluding hydrogens is 276 g/mol. The first-order valence-corrected chi connectivity index (χ1v) is 8.43. The lowest BCUT2D eigenvalue weighted by Gasteiger charge is -2.27. The number of nitrogen functional groups attached to an aromatic ring is 1. The maximum atomic E-state index is 8.64. The highest BCUT2D eigenvalue weighted by molar-refractivity contribution is 6.08. The Morgan fingerprint density at radius 1 is 1.18 bits per heavy atom. The lowest BCUT2D eigenvalue weighted by molar-refractivity contribution is 0.0904. The van der Waals surface area contributed by atoms with Crippen molar-refractivity contribution in [1.29, 1.82) is 5.41 Å². The number of hydrogen-bond donors (Lipinski definition) is 3. The molecule has 1 saturated carbocycles. The van der Waals surface area contributed by atoms with E-state index in [1.807, 2.05) is 6.07 Å². The fourth-order valence-electron chi connectivity index (χ4n) is 3.50. The lowest BCUT2D eigenvalue weighted by Crippen LogP contribution is -2.30. The molecule has 1 aliphatic carbocycles. The molecule has 0 atom stereocenters. The zero-order valence-electron chi connectivity index (χ0n) is 13.1. The second-order valence-electron chi connectivity index (χ2n) is 6.40. The number of nitrogens with one attached hydrogen (secondary N) is 2. The molecule has 0 bridgehead atoms. The molecule has 1 aliphatic heterocycles. The van der Waals surface area contributed by atoms with Gasteiger partial charge in [0, 0.05) is 42.8 Å². The minimum atomic E-state index is 0.329. The van der Waals surface area contributed by atoms with Crippen LogP contribution < -0.4 is 11.1 Å². The molecular formula is C17H26N4O. The number of anilines is 2. The van der Waals surface area contributed by atoms with Crippen LogP contribution in [0, 0.1) is 11.3 Å². The lowest BCUT2D eigenvalue weighted by atomic mass is 9.83. The molecule has 0 amide bonds. The van der Waals surface area contributed by atoms with Crippen LogP contribution in [0.25, 0.3) is 0 Å². The molecule has 1 aromatic rings. The van der Waals surface area contributed by atoms with Gasteiger partial charge in [-0.05, 0) is 31.7 Å². The molecule has 2 heterocycles. The zero-order valence-corrected chi connectivity index (χ0v) is 13.1. The maximum absolute atomic E-state index is 8.64. The van der Waals surface area contributed by atoms with Crippen LogP contribution in [0.4, 0.5) is 11.5 Å². The van der Waals surface area contributed by atoms with E-state index < -0.39 is 0 Å². The van der Waals surface area contributed by atoms with E-state index in [0.29, 0.717) is 23.4 Å². The molecule has 2 aliphatic rings. The fourth-order valence-corrected chi connectivity index (χ4v) is 3.50. The van der Waals surface area contributed by atoms with Gasteiger partial charge in [-0.3, -0.25) is 0 Å². The van der Waals surface area contributed by atoms with Gasteiger partial charge in [0.15, 0.2) is 0 Å². The molecule has 3 rings (SSSR count). The van der Waals surface area contributed by atoms with Crippen LogP contribution in [0.5, 0.6) is 0 Å². The highest BCUT2D eigenvalue weighted by Gasteiger charge is 2.25. The average molecular weight is 302 g/mol. The summed E-state index contributed by atoms with van der Waals surface area (Å²) in [6.07, 6.45) is 9.62. The van der Waals surface area contributed by atoms with E-state index in [0.717, 1.165) is 50.3 Å². The first kappa shape index (κ1) is 15.3. The third-order valence-electron chi connectivity index (χ3n) is 4.83. The van der Waals surface area contributed by atoms with Crippen molar-refractivity contribution < 1.29 is 4.74 Å². The number of rotatable bonds is 4. The van der Waals surface area contributed by atoms with Gasteiger partial charge in [-0.1, -0.05) is 19.3 Å². The van der Waals surface area contributed by atoms with E-state index in [4.69, 9.17) is 15.9 Å². The Labute approximate surface area is 132 Å².